The molecule has 0 aromatic heterocycles. The summed E-state index contributed by atoms with van der Waals surface area (Å²) in [4.78, 5) is 11.9. The standard InChI is InChI=1S/C13H25N3O3S/c1-2-14-13(17)12-7-6-10-16(11-12)20(18,19)15-8-4-3-5-9-15/h12H,2-11H2,1H3,(H,14,17). The van der Waals surface area contributed by atoms with Crippen molar-refractivity contribution >= 4 is 16.1 Å². The van der Waals surface area contributed by atoms with Gasteiger partial charge in [0.05, 0.1) is 5.92 Å². The molecule has 2 aliphatic rings. The molecule has 0 radical (unpaired) electrons. The Labute approximate surface area is 121 Å². The van der Waals surface area contributed by atoms with E-state index in [-0.39, 0.29) is 11.8 Å². The van der Waals surface area contributed by atoms with Crippen molar-refractivity contribution in [2.24, 2.45) is 5.92 Å². The highest BCUT2D eigenvalue weighted by molar-refractivity contribution is 7.86. The zero-order valence-electron chi connectivity index (χ0n) is 12.2. The number of carbonyl (C=O) groups excluding carboxylic acids is 1. The van der Waals surface area contributed by atoms with Crippen LogP contribution in [0.1, 0.15) is 39.0 Å². The maximum absolute atomic E-state index is 12.6. The van der Waals surface area contributed by atoms with Crippen molar-refractivity contribution < 1.29 is 13.2 Å². The minimum atomic E-state index is -3.38. The number of amides is 1. The Morgan fingerprint density at radius 2 is 1.75 bits per heavy atom. The highest BCUT2D eigenvalue weighted by Gasteiger charge is 2.36. The normalized spacial score (nSPS) is 26.4. The van der Waals surface area contributed by atoms with Crippen LogP contribution in [0.3, 0.4) is 0 Å². The van der Waals surface area contributed by atoms with E-state index in [0.29, 0.717) is 32.7 Å². The predicted octanol–water partition coefficient (Wildman–Crippen LogP) is 0.565. The number of piperidine rings is 2. The molecule has 1 N–H and O–H groups in total. The van der Waals surface area contributed by atoms with Gasteiger partial charge in [-0.05, 0) is 32.6 Å². The number of nitrogens with one attached hydrogen (secondary N) is 1. The van der Waals surface area contributed by atoms with Gasteiger partial charge >= 0.3 is 0 Å². The van der Waals surface area contributed by atoms with Crippen LogP contribution in [0.5, 0.6) is 0 Å². The molecule has 7 heteroatoms. The van der Waals surface area contributed by atoms with Gasteiger partial charge in [-0.1, -0.05) is 6.42 Å². The third-order valence-electron chi connectivity index (χ3n) is 4.07. The number of hydrogen-bond donors (Lipinski definition) is 1. The van der Waals surface area contributed by atoms with E-state index < -0.39 is 10.2 Å². The van der Waals surface area contributed by atoms with Crippen LogP contribution in [0, 0.1) is 5.92 Å². The van der Waals surface area contributed by atoms with Gasteiger partial charge in [-0.25, -0.2) is 0 Å². The second-order valence-corrected chi connectivity index (χ2v) is 7.49. The second-order valence-electron chi connectivity index (χ2n) is 5.56. The summed E-state index contributed by atoms with van der Waals surface area (Å²) in [7, 11) is -3.38. The molecule has 1 amide bonds. The molecule has 2 fully saturated rings. The highest BCUT2D eigenvalue weighted by Crippen LogP contribution is 2.23. The fourth-order valence-corrected chi connectivity index (χ4v) is 4.72. The van der Waals surface area contributed by atoms with Crippen LogP contribution < -0.4 is 5.32 Å². The van der Waals surface area contributed by atoms with E-state index in [1.807, 2.05) is 6.92 Å². The second kappa shape index (κ2) is 6.87. The van der Waals surface area contributed by atoms with E-state index in [1.165, 1.54) is 4.31 Å². The molecule has 2 heterocycles. The van der Waals surface area contributed by atoms with Crippen molar-refractivity contribution in [1.29, 1.82) is 0 Å². The van der Waals surface area contributed by atoms with Gasteiger partial charge < -0.3 is 5.32 Å². The first-order valence-electron chi connectivity index (χ1n) is 7.58. The van der Waals surface area contributed by atoms with Gasteiger partial charge in [0.1, 0.15) is 0 Å². The summed E-state index contributed by atoms with van der Waals surface area (Å²) in [6.07, 6.45) is 4.51. The number of hydrogen-bond acceptors (Lipinski definition) is 3. The van der Waals surface area contributed by atoms with Gasteiger partial charge in [0.25, 0.3) is 10.2 Å². The molecule has 20 heavy (non-hydrogen) atoms. The first-order valence-corrected chi connectivity index (χ1v) is 8.98. The molecule has 0 aromatic rings. The molecule has 0 saturated carbocycles. The van der Waals surface area contributed by atoms with Gasteiger partial charge in [0, 0.05) is 32.7 Å². The molecule has 0 bridgehead atoms. The van der Waals surface area contributed by atoms with Gasteiger partial charge in [0.2, 0.25) is 5.91 Å². The smallest absolute Gasteiger partial charge is 0.281 e. The Morgan fingerprint density at radius 1 is 1.10 bits per heavy atom. The summed E-state index contributed by atoms with van der Waals surface area (Å²) in [5, 5.41) is 2.79. The Kier molecular flexibility index (Phi) is 5.40. The van der Waals surface area contributed by atoms with Crippen molar-refractivity contribution in [2.45, 2.75) is 39.0 Å². The fraction of sp³-hybridized carbons (Fsp3) is 0.923. The number of nitrogens with zero attached hydrogens (tertiary/aromatic N) is 2. The maximum atomic E-state index is 12.6. The summed E-state index contributed by atoms with van der Waals surface area (Å²) in [5.74, 6) is -0.227. The lowest BCUT2D eigenvalue weighted by Gasteiger charge is -2.36. The Bertz CT molecular complexity index is 432. The quantitative estimate of drug-likeness (QED) is 0.825. The van der Waals surface area contributed by atoms with E-state index in [0.717, 1.165) is 32.1 Å². The average Bonchev–Trinajstić information content (AvgIpc) is 2.48. The lowest BCUT2D eigenvalue weighted by molar-refractivity contribution is -0.125. The third kappa shape index (κ3) is 3.51. The molecule has 6 nitrogen and oxygen atoms in total. The molecule has 1 atom stereocenters. The summed E-state index contributed by atoms with van der Waals surface area (Å²) >= 11 is 0. The molecular formula is C13H25N3O3S. The fourth-order valence-electron chi connectivity index (χ4n) is 2.94. The molecular weight excluding hydrogens is 278 g/mol. The summed E-state index contributed by atoms with van der Waals surface area (Å²) in [6.45, 7) is 4.56. The van der Waals surface area contributed by atoms with Crippen LogP contribution in [0.15, 0.2) is 0 Å². The van der Waals surface area contributed by atoms with Crippen molar-refractivity contribution in [1.82, 2.24) is 13.9 Å². The van der Waals surface area contributed by atoms with E-state index in [4.69, 9.17) is 0 Å². The first kappa shape index (κ1) is 15.7. The third-order valence-corrected chi connectivity index (χ3v) is 6.08. The first-order chi connectivity index (χ1) is 9.55. The Balaban J connectivity index is 2.01. The molecule has 2 saturated heterocycles. The Hall–Kier alpha value is -0.660. The summed E-state index contributed by atoms with van der Waals surface area (Å²) in [6, 6.07) is 0. The van der Waals surface area contributed by atoms with Gasteiger partial charge in [0.15, 0.2) is 0 Å². The monoisotopic (exact) mass is 303 g/mol. The predicted molar refractivity (Wildman–Crippen MR) is 77.3 cm³/mol. The van der Waals surface area contributed by atoms with Crippen LogP contribution in [-0.4, -0.2) is 55.7 Å². The van der Waals surface area contributed by atoms with Crippen LogP contribution in [-0.2, 0) is 15.0 Å². The van der Waals surface area contributed by atoms with Crippen molar-refractivity contribution in [3.8, 4) is 0 Å². The van der Waals surface area contributed by atoms with Crippen molar-refractivity contribution in [3.05, 3.63) is 0 Å². The molecule has 0 aromatic carbocycles. The van der Waals surface area contributed by atoms with Crippen LogP contribution >= 0.6 is 0 Å². The van der Waals surface area contributed by atoms with Gasteiger partial charge in [-0.2, -0.15) is 17.0 Å². The van der Waals surface area contributed by atoms with E-state index >= 15 is 0 Å². The van der Waals surface area contributed by atoms with Crippen LogP contribution in [0.2, 0.25) is 0 Å². The molecule has 0 spiro atoms. The topological polar surface area (TPSA) is 69.7 Å². The van der Waals surface area contributed by atoms with E-state index in [1.54, 1.807) is 4.31 Å². The molecule has 2 rings (SSSR count). The lowest BCUT2D eigenvalue weighted by Crippen LogP contribution is -2.51. The SMILES string of the molecule is CCNC(=O)C1CCCN(S(=O)(=O)N2CCCCC2)C1. The van der Waals surface area contributed by atoms with Crippen molar-refractivity contribution in [2.75, 3.05) is 32.7 Å². The van der Waals surface area contributed by atoms with Crippen LogP contribution in [0.4, 0.5) is 0 Å². The van der Waals surface area contributed by atoms with Crippen molar-refractivity contribution in [3.63, 3.8) is 0 Å². The van der Waals surface area contributed by atoms with Crippen LogP contribution in [0.25, 0.3) is 0 Å². The number of rotatable bonds is 4. The summed E-state index contributed by atoms with van der Waals surface area (Å²) < 4.78 is 28.3. The molecule has 1 unspecified atom stereocenters. The molecule has 116 valence electrons. The zero-order chi connectivity index (χ0) is 14.6. The highest BCUT2D eigenvalue weighted by atomic mass is 32.2. The van der Waals surface area contributed by atoms with E-state index in [2.05, 4.69) is 5.32 Å². The maximum Gasteiger partial charge on any atom is 0.281 e. The lowest BCUT2D eigenvalue weighted by atomic mass is 9.99. The molecule has 2 aliphatic heterocycles. The van der Waals surface area contributed by atoms with Gasteiger partial charge in [-0.15, -0.1) is 0 Å². The molecule has 0 aliphatic carbocycles. The Morgan fingerprint density at radius 3 is 2.40 bits per heavy atom. The average molecular weight is 303 g/mol. The minimum absolute atomic E-state index is 0.0222. The minimum Gasteiger partial charge on any atom is -0.356 e. The summed E-state index contributed by atoms with van der Waals surface area (Å²) in [5.41, 5.74) is 0. The zero-order valence-corrected chi connectivity index (χ0v) is 13.0. The van der Waals surface area contributed by atoms with E-state index in [9.17, 15) is 13.2 Å². The number of carbonyl (C=O) groups is 1. The largest absolute Gasteiger partial charge is 0.356 e. The van der Waals surface area contributed by atoms with Gasteiger partial charge in [-0.3, -0.25) is 4.79 Å².